The smallest absolute Gasteiger partial charge is 0.154 e. The van der Waals surface area contributed by atoms with Gasteiger partial charge in [-0.3, -0.25) is 0 Å². The number of benzene rings is 2. The number of hydrogen-bond acceptors (Lipinski definition) is 4. The normalized spacial score (nSPS) is 14.5. The molecule has 0 N–H and O–H groups in total. The maximum absolute atomic E-state index is 4.80. The molecule has 0 radical (unpaired) electrons. The Morgan fingerprint density at radius 3 is 2.31 bits per heavy atom. The first-order chi connectivity index (χ1) is 14.3. The molecular formula is C24H25N5. The predicted molar refractivity (Wildman–Crippen MR) is 119 cm³/mol. The highest BCUT2D eigenvalue weighted by Crippen LogP contribution is 2.27. The van der Waals surface area contributed by atoms with E-state index in [4.69, 9.17) is 10.1 Å². The number of para-hydroxylation sites is 1. The maximum Gasteiger partial charge on any atom is 0.154 e. The molecule has 0 unspecified atom stereocenters. The SMILES string of the molecule is CCc1ccc(-c2cc3c(N4CCN(c5ccccc5)CC4)nccn3n2)cc1. The zero-order chi connectivity index (χ0) is 19.6. The molecule has 29 heavy (non-hydrogen) atoms. The van der Waals surface area contributed by atoms with Gasteiger partial charge in [-0.15, -0.1) is 0 Å². The van der Waals surface area contributed by atoms with Crippen LogP contribution in [-0.2, 0) is 6.42 Å². The number of piperazine rings is 1. The van der Waals surface area contributed by atoms with E-state index in [0.717, 1.165) is 55.2 Å². The molecule has 2 aromatic carbocycles. The van der Waals surface area contributed by atoms with Crippen molar-refractivity contribution in [2.45, 2.75) is 13.3 Å². The van der Waals surface area contributed by atoms with Crippen molar-refractivity contribution in [3.05, 3.63) is 78.6 Å². The first kappa shape index (κ1) is 17.7. The molecule has 1 fully saturated rings. The lowest BCUT2D eigenvalue weighted by Crippen LogP contribution is -2.47. The van der Waals surface area contributed by atoms with E-state index in [-0.39, 0.29) is 0 Å². The minimum Gasteiger partial charge on any atom is -0.368 e. The summed E-state index contributed by atoms with van der Waals surface area (Å²) in [6.07, 6.45) is 4.83. The van der Waals surface area contributed by atoms with Crippen molar-refractivity contribution >= 4 is 17.0 Å². The van der Waals surface area contributed by atoms with E-state index in [2.05, 4.69) is 77.4 Å². The van der Waals surface area contributed by atoms with Crippen LogP contribution in [0.25, 0.3) is 16.8 Å². The van der Waals surface area contributed by atoms with Gasteiger partial charge in [-0.1, -0.05) is 49.4 Å². The fraction of sp³-hybridized carbons (Fsp3) is 0.250. The van der Waals surface area contributed by atoms with E-state index < -0.39 is 0 Å². The Morgan fingerprint density at radius 1 is 0.862 bits per heavy atom. The van der Waals surface area contributed by atoms with Gasteiger partial charge in [-0.2, -0.15) is 5.10 Å². The summed E-state index contributed by atoms with van der Waals surface area (Å²) < 4.78 is 1.95. The van der Waals surface area contributed by atoms with E-state index in [9.17, 15) is 0 Å². The Balaban J connectivity index is 1.40. The summed E-state index contributed by atoms with van der Waals surface area (Å²) in [6, 6.07) is 21.5. The van der Waals surface area contributed by atoms with Crippen molar-refractivity contribution < 1.29 is 0 Å². The van der Waals surface area contributed by atoms with Crippen LogP contribution in [0.4, 0.5) is 11.5 Å². The molecule has 5 nitrogen and oxygen atoms in total. The van der Waals surface area contributed by atoms with Gasteiger partial charge >= 0.3 is 0 Å². The van der Waals surface area contributed by atoms with Crippen LogP contribution in [0.2, 0.25) is 0 Å². The highest BCUT2D eigenvalue weighted by Gasteiger charge is 2.21. The topological polar surface area (TPSA) is 36.7 Å². The van der Waals surface area contributed by atoms with Gasteiger partial charge < -0.3 is 9.80 Å². The molecule has 0 bridgehead atoms. The lowest BCUT2D eigenvalue weighted by atomic mass is 10.1. The predicted octanol–water partition coefficient (Wildman–Crippen LogP) is 4.29. The summed E-state index contributed by atoms with van der Waals surface area (Å²) in [6.45, 7) is 6.06. The lowest BCUT2D eigenvalue weighted by Gasteiger charge is -2.36. The highest BCUT2D eigenvalue weighted by molar-refractivity contribution is 5.75. The van der Waals surface area contributed by atoms with Crippen LogP contribution >= 0.6 is 0 Å². The van der Waals surface area contributed by atoms with Crippen LogP contribution in [-0.4, -0.2) is 40.8 Å². The molecule has 1 aliphatic rings. The van der Waals surface area contributed by atoms with Gasteiger partial charge in [0.15, 0.2) is 5.82 Å². The maximum atomic E-state index is 4.80. The minimum atomic E-state index is 0.952. The van der Waals surface area contributed by atoms with E-state index in [1.54, 1.807) is 0 Å². The largest absolute Gasteiger partial charge is 0.368 e. The zero-order valence-corrected chi connectivity index (χ0v) is 16.7. The van der Waals surface area contributed by atoms with Gasteiger partial charge in [0.2, 0.25) is 0 Å². The van der Waals surface area contributed by atoms with Crippen molar-refractivity contribution in [1.29, 1.82) is 0 Å². The molecule has 146 valence electrons. The van der Waals surface area contributed by atoms with Crippen LogP contribution in [0.15, 0.2) is 73.1 Å². The second-order valence-electron chi connectivity index (χ2n) is 7.47. The Bertz CT molecular complexity index is 1090. The average molecular weight is 383 g/mol. The van der Waals surface area contributed by atoms with Gasteiger partial charge in [0.1, 0.15) is 5.52 Å². The molecular weight excluding hydrogens is 358 g/mol. The zero-order valence-electron chi connectivity index (χ0n) is 16.7. The summed E-state index contributed by atoms with van der Waals surface area (Å²) in [5.74, 6) is 1.02. The molecule has 3 heterocycles. The molecule has 0 amide bonds. The number of nitrogens with zero attached hydrogens (tertiary/aromatic N) is 5. The molecule has 5 heteroatoms. The van der Waals surface area contributed by atoms with Crippen molar-refractivity contribution in [2.75, 3.05) is 36.0 Å². The molecule has 0 aliphatic carbocycles. The van der Waals surface area contributed by atoms with Gasteiger partial charge in [0.25, 0.3) is 0 Å². The molecule has 4 aromatic rings. The number of hydrogen-bond donors (Lipinski definition) is 0. The van der Waals surface area contributed by atoms with Crippen LogP contribution in [0, 0.1) is 0 Å². The van der Waals surface area contributed by atoms with Crippen LogP contribution in [0.3, 0.4) is 0 Å². The standard InChI is InChI=1S/C24H25N5/c1-2-19-8-10-20(11-9-19)22-18-23-24(25-12-13-29(23)26-22)28-16-14-27(15-17-28)21-6-4-3-5-7-21/h3-13,18H,2,14-17H2,1H3. The van der Waals surface area contributed by atoms with Gasteiger partial charge in [-0.05, 0) is 30.2 Å². The van der Waals surface area contributed by atoms with E-state index in [1.807, 2.05) is 16.9 Å². The lowest BCUT2D eigenvalue weighted by molar-refractivity contribution is 0.647. The Kier molecular flexibility index (Phi) is 4.64. The summed E-state index contributed by atoms with van der Waals surface area (Å²) in [7, 11) is 0. The molecule has 0 spiro atoms. The molecule has 1 saturated heterocycles. The van der Waals surface area contributed by atoms with Crippen LogP contribution in [0.1, 0.15) is 12.5 Å². The van der Waals surface area contributed by atoms with Gasteiger partial charge in [0, 0.05) is 49.8 Å². The Labute approximate surface area is 171 Å². The fourth-order valence-electron chi connectivity index (χ4n) is 4.02. The van der Waals surface area contributed by atoms with Crippen molar-refractivity contribution in [3.8, 4) is 11.3 Å². The number of aryl methyl sites for hydroxylation is 1. The highest BCUT2D eigenvalue weighted by atomic mass is 15.3. The first-order valence-electron chi connectivity index (χ1n) is 10.3. The van der Waals surface area contributed by atoms with Gasteiger partial charge in [0.05, 0.1) is 5.69 Å². The van der Waals surface area contributed by atoms with Crippen LogP contribution < -0.4 is 9.80 Å². The third-order valence-corrected chi connectivity index (χ3v) is 5.73. The quantitative estimate of drug-likeness (QED) is 0.527. The second-order valence-corrected chi connectivity index (χ2v) is 7.47. The summed E-state index contributed by atoms with van der Waals surface area (Å²) >= 11 is 0. The van der Waals surface area contributed by atoms with E-state index >= 15 is 0 Å². The van der Waals surface area contributed by atoms with Crippen molar-refractivity contribution in [3.63, 3.8) is 0 Å². The van der Waals surface area contributed by atoms with Crippen LogP contribution in [0.5, 0.6) is 0 Å². The Hall–Kier alpha value is -3.34. The van der Waals surface area contributed by atoms with Crippen molar-refractivity contribution in [2.24, 2.45) is 0 Å². The number of aromatic nitrogens is 3. The second kappa shape index (κ2) is 7.59. The molecule has 0 atom stereocenters. The Morgan fingerprint density at radius 2 is 1.59 bits per heavy atom. The molecule has 1 aliphatic heterocycles. The summed E-state index contributed by atoms with van der Waals surface area (Å²) in [4.78, 5) is 9.52. The minimum absolute atomic E-state index is 0.952. The molecule has 5 rings (SSSR count). The molecule has 2 aromatic heterocycles. The number of rotatable bonds is 4. The number of fused-ring (bicyclic) bond motifs is 1. The summed E-state index contributed by atoms with van der Waals surface area (Å²) in [5.41, 5.74) is 5.84. The van der Waals surface area contributed by atoms with E-state index in [1.165, 1.54) is 11.3 Å². The third kappa shape index (κ3) is 3.44. The average Bonchev–Trinajstić information content (AvgIpc) is 3.24. The fourth-order valence-corrected chi connectivity index (χ4v) is 4.02. The van der Waals surface area contributed by atoms with Gasteiger partial charge in [-0.25, -0.2) is 9.50 Å². The first-order valence-corrected chi connectivity index (χ1v) is 10.3. The van der Waals surface area contributed by atoms with Crippen molar-refractivity contribution in [1.82, 2.24) is 14.6 Å². The monoisotopic (exact) mass is 383 g/mol. The summed E-state index contributed by atoms with van der Waals surface area (Å²) in [5, 5.41) is 4.80. The molecule has 0 saturated carbocycles. The van der Waals surface area contributed by atoms with E-state index in [0.29, 0.717) is 0 Å². The third-order valence-electron chi connectivity index (χ3n) is 5.73. The number of anilines is 2.